The van der Waals surface area contributed by atoms with E-state index < -0.39 is 0 Å². The first kappa shape index (κ1) is 13.8. The van der Waals surface area contributed by atoms with Crippen molar-refractivity contribution >= 4 is 39.6 Å². The van der Waals surface area contributed by atoms with Crippen LogP contribution in [0.15, 0.2) is 36.4 Å². The van der Waals surface area contributed by atoms with Crippen LogP contribution in [0.25, 0.3) is 10.8 Å². The predicted octanol–water partition coefficient (Wildman–Crippen LogP) is 2.16. The van der Waals surface area contributed by atoms with Crippen molar-refractivity contribution in [3.05, 3.63) is 42.0 Å². The molecule has 4 N–H and O–H groups in total. The Balaban J connectivity index is 1.83. The molecule has 1 saturated carbocycles. The molecule has 2 aromatic rings. The maximum absolute atomic E-state index is 11.8. The van der Waals surface area contributed by atoms with Crippen molar-refractivity contribution in [1.82, 2.24) is 5.32 Å². The van der Waals surface area contributed by atoms with E-state index in [4.69, 9.17) is 18.0 Å². The summed E-state index contributed by atoms with van der Waals surface area (Å²) in [4.78, 5) is 12.1. The summed E-state index contributed by atoms with van der Waals surface area (Å²) in [6.07, 6.45) is 2.19. The van der Waals surface area contributed by atoms with Gasteiger partial charge in [-0.3, -0.25) is 4.79 Å². The molecule has 1 amide bonds. The molecule has 0 aliphatic heterocycles. The van der Waals surface area contributed by atoms with E-state index >= 15 is 0 Å². The third-order valence-electron chi connectivity index (χ3n) is 3.57. The number of nitrogens with one attached hydrogen (secondary N) is 2. The Bertz CT molecular complexity index is 710. The second-order valence-corrected chi connectivity index (χ2v) is 5.71. The second kappa shape index (κ2) is 5.69. The zero-order valence-electron chi connectivity index (χ0n) is 11.6. The highest BCUT2D eigenvalue weighted by molar-refractivity contribution is 7.80. The lowest BCUT2D eigenvalue weighted by Crippen LogP contribution is -2.31. The molecule has 0 radical (unpaired) electrons. The number of rotatable bonds is 5. The van der Waals surface area contributed by atoms with E-state index in [2.05, 4.69) is 10.6 Å². The number of benzene rings is 2. The molecule has 0 heterocycles. The number of thiocarbonyl (C=S) groups is 1. The quantitative estimate of drug-likeness (QED) is 0.740. The minimum Gasteiger partial charge on any atom is -0.389 e. The Morgan fingerprint density at radius 1 is 1.19 bits per heavy atom. The van der Waals surface area contributed by atoms with Gasteiger partial charge >= 0.3 is 0 Å². The average Bonchev–Trinajstić information content (AvgIpc) is 3.28. The molecule has 108 valence electrons. The van der Waals surface area contributed by atoms with Crippen molar-refractivity contribution in [3.63, 3.8) is 0 Å². The van der Waals surface area contributed by atoms with Gasteiger partial charge in [-0.15, -0.1) is 0 Å². The summed E-state index contributed by atoms with van der Waals surface area (Å²) in [5.74, 6) is 0.0278. The fourth-order valence-corrected chi connectivity index (χ4v) is 2.53. The molecule has 0 aromatic heterocycles. The van der Waals surface area contributed by atoms with Crippen molar-refractivity contribution < 1.29 is 4.79 Å². The molecule has 4 nitrogen and oxygen atoms in total. The van der Waals surface area contributed by atoms with Gasteiger partial charge in [-0.25, -0.2) is 0 Å². The van der Waals surface area contributed by atoms with Crippen LogP contribution in [0.3, 0.4) is 0 Å². The highest BCUT2D eigenvalue weighted by atomic mass is 32.1. The highest BCUT2D eigenvalue weighted by Gasteiger charge is 2.22. The molecule has 1 aliphatic carbocycles. The van der Waals surface area contributed by atoms with Gasteiger partial charge < -0.3 is 16.4 Å². The van der Waals surface area contributed by atoms with Gasteiger partial charge in [0.15, 0.2) is 0 Å². The molecule has 0 unspecified atom stereocenters. The highest BCUT2D eigenvalue weighted by Crippen LogP contribution is 2.26. The SMILES string of the molecule is NC(=S)c1ccc(NCC(=O)NC2CC2)c2ccccc12. The number of carbonyl (C=O) groups excluding carboxylic acids is 1. The minimum atomic E-state index is 0.0278. The number of carbonyl (C=O) groups is 1. The fourth-order valence-electron chi connectivity index (χ4n) is 2.35. The second-order valence-electron chi connectivity index (χ2n) is 5.27. The van der Waals surface area contributed by atoms with E-state index in [9.17, 15) is 4.79 Å². The summed E-state index contributed by atoms with van der Waals surface area (Å²) in [7, 11) is 0. The standard InChI is InChI=1S/C16H17N3OS/c17-16(21)13-7-8-14(12-4-2-1-3-11(12)13)18-9-15(20)19-10-5-6-10/h1-4,7-8,10,18H,5-6,9H2,(H2,17,21)(H,19,20). The molecule has 0 bridgehead atoms. The van der Waals surface area contributed by atoms with Crippen molar-refractivity contribution in [1.29, 1.82) is 0 Å². The van der Waals surface area contributed by atoms with Gasteiger partial charge in [-0.1, -0.05) is 36.5 Å². The summed E-state index contributed by atoms with van der Waals surface area (Å²) >= 11 is 5.09. The van der Waals surface area contributed by atoms with E-state index in [-0.39, 0.29) is 12.5 Å². The zero-order valence-corrected chi connectivity index (χ0v) is 12.4. The van der Waals surface area contributed by atoms with Crippen molar-refractivity contribution in [2.24, 2.45) is 5.73 Å². The Labute approximate surface area is 128 Å². The summed E-state index contributed by atoms with van der Waals surface area (Å²) in [6.45, 7) is 0.271. The average molecular weight is 299 g/mol. The molecule has 0 saturated heterocycles. The maximum atomic E-state index is 11.8. The molecular weight excluding hydrogens is 282 g/mol. The molecule has 0 spiro atoms. The maximum Gasteiger partial charge on any atom is 0.239 e. The summed E-state index contributed by atoms with van der Waals surface area (Å²) in [6, 6.07) is 12.1. The molecule has 21 heavy (non-hydrogen) atoms. The van der Waals surface area contributed by atoms with E-state index in [1.165, 1.54) is 0 Å². The van der Waals surface area contributed by atoms with Crippen LogP contribution in [0.4, 0.5) is 5.69 Å². The molecule has 5 heteroatoms. The Morgan fingerprint density at radius 3 is 2.57 bits per heavy atom. The number of anilines is 1. The molecule has 1 fully saturated rings. The van der Waals surface area contributed by atoms with Gasteiger partial charge in [0.05, 0.1) is 6.54 Å². The van der Waals surface area contributed by atoms with Crippen LogP contribution in [0.5, 0.6) is 0 Å². The summed E-state index contributed by atoms with van der Waals surface area (Å²) < 4.78 is 0. The zero-order chi connectivity index (χ0) is 14.8. The summed E-state index contributed by atoms with van der Waals surface area (Å²) in [5.41, 5.74) is 7.53. The third-order valence-corrected chi connectivity index (χ3v) is 3.79. The largest absolute Gasteiger partial charge is 0.389 e. The number of amides is 1. The van der Waals surface area contributed by atoms with Crippen LogP contribution < -0.4 is 16.4 Å². The predicted molar refractivity (Wildman–Crippen MR) is 89.5 cm³/mol. The van der Waals surface area contributed by atoms with Crippen molar-refractivity contribution in [2.75, 3.05) is 11.9 Å². The normalized spacial score (nSPS) is 13.9. The Kier molecular flexibility index (Phi) is 3.75. The van der Waals surface area contributed by atoms with Gasteiger partial charge in [0.1, 0.15) is 4.99 Å². The minimum absolute atomic E-state index is 0.0278. The molecular formula is C16H17N3OS. The topological polar surface area (TPSA) is 67.1 Å². The van der Waals surface area contributed by atoms with Crippen LogP contribution in [-0.4, -0.2) is 23.5 Å². The Hall–Kier alpha value is -2.14. The van der Waals surface area contributed by atoms with E-state index in [1.54, 1.807) is 0 Å². The van der Waals surface area contributed by atoms with E-state index in [0.29, 0.717) is 11.0 Å². The van der Waals surface area contributed by atoms with E-state index in [0.717, 1.165) is 34.9 Å². The lowest BCUT2D eigenvalue weighted by Gasteiger charge is -2.12. The number of hydrogen-bond donors (Lipinski definition) is 3. The number of hydrogen-bond acceptors (Lipinski definition) is 3. The first-order valence-corrected chi connectivity index (χ1v) is 7.41. The smallest absolute Gasteiger partial charge is 0.239 e. The van der Waals surface area contributed by atoms with Crippen LogP contribution in [-0.2, 0) is 4.79 Å². The molecule has 2 aromatic carbocycles. The van der Waals surface area contributed by atoms with Crippen molar-refractivity contribution in [2.45, 2.75) is 18.9 Å². The van der Waals surface area contributed by atoms with Crippen molar-refractivity contribution in [3.8, 4) is 0 Å². The molecule has 1 aliphatic rings. The first-order chi connectivity index (χ1) is 10.1. The first-order valence-electron chi connectivity index (χ1n) is 7.00. The number of nitrogens with two attached hydrogens (primary N) is 1. The van der Waals surface area contributed by atoms with E-state index in [1.807, 2.05) is 36.4 Å². The summed E-state index contributed by atoms with van der Waals surface area (Å²) in [5, 5.41) is 8.16. The Morgan fingerprint density at radius 2 is 1.90 bits per heavy atom. The van der Waals surface area contributed by atoms with Gasteiger partial charge in [0.25, 0.3) is 0 Å². The van der Waals surface area contributed by atoms with Gasteiger partial charge in [0, 0.05) is 22.7 Å². The van der Waals surface area contributed by atoms with Gasteiger partial charge in [-0.2, -0.15) is 0 Å². The lowest BCUT2D eigenvalue weighted by atomic mass is 10.0. The molecule has 0 atom stereocenters. The van der Waals surface area contributed by atoms with Crippen LogP contribution in [0.1, 0.15) is 18.4 Å². The number of fused-ring (bicyclic) bond motifs is 1. The van der Waals surface area contributed by atoms with Crippen LogP contribution in [0.2, 0.25) is 0 Å². The van der Waals surface area contributed by atoms with Crippen LogP contribution in [0, 0.1) is 0 Å². The van der Waals surface area contributed by atoms with Gasteiger partial charge in [0.2, 0.25) is 5.91 Å². The fraction of sp³-hybridized carbons (Fsp3) is 0.250. The van der Waals surface area contributed by atoms with Crippen LogP contribution >= 0.6 is 12.2 Å². The molecule has 3 rings (SSSR count). The van der Waals surface area contributed by atoms with Gasteiger partial charge in [-0.05, 0) is 30.4 Å². The lowest BCUT2D eigenvalue weighted by molar-refractivity contribution is -0.119. The monoisotopic (exact) mass is 299 g/mol. The third kappa shape index (κ3) is 3.13.